The Kier molecular flexibility index (Phi) is 4.44. The molecule has 0 radical (unpaired) electrons. The second kappa shape index (κ2) is 6.50. The van der Waals surface area contributed by atoms with Crippen molar-refractivity contribution in [3.63, 3.8) is 0 Å². The summed E-state index contributed by atoms with van der Waals surface area (Å²) in [6.45, 7) is 2.46. The molecule has 0 bridgehead atoms. The van der Waals surface area contributed by atoms with E-state index in [9.17, 15) is 9.59 Å². The number of carbonyl (C=O) groups is 1. The van der Waals surface area contributed by atoms with Gasteiger partial charge in [-0.15, -0.1) is 11.3 Å². The Hall–Kier alpha value is -2.20. The number of nitriles is 1. The van der Waals surface area contributed by atoms with Crippen LogP contribution in [0.25, 0.3) is 10.2 Å². The Bertz CT molecular complexity index is 846. The molecule has 120 valence electrons. The largest absolute Gasteiger partial charge is 0.354 e. The van der Waals surface area contributed by atoms with Gasteiger partial charge in [0, 0.05) is 11.4 Å². The standard InChI is InChI=1S/C16H18N4O2S/c1-10-3-4-11-12(7-10)23-15-14(11)16(22)20(9-19-15)8-13(21)18-6-2-5-17/h9-10H,2-4,6-8H2,1H3,(H,18,21). The van der Waals surface area contributed by atoms with Crippen LogP contribution in [0.4, 0.5) is 0 Å². The van der Waals surface area contributed by atoms with E-state index >= 15 is 0 Å². The first-order chi connectivity index (χ1) is 11.1. The van der Waals surface area contributed by atoms with E-state index in [1.165, 1.54) is 15.8 Å². The number of rotatable bonds is 4. The first-order valence-corrected chi connectivity index (χ1v) is 8.55. The molecular formula is C16H18N4O2S. The van der Waals surface area contributed by atoms with Gasteiger partial charge < -0.3 is 5.32 Å². The summed E-state index contributed by atoms with van der Waals surface area (Å²) in [5, 5.41) is 11.8. The van der Waals surface area contributed by atoms with Gasteiger partial charge in [-0.2, -0.15) is 5.26 Å². The lowest BCUT2D eigenvalue weighted by molar-refractivity contribution is -0.121. The molecular weight excluding hydrogens is 312 g/mol. The first kappa shape index (κ1) is 15.7. The Morgan fingerprint density at radius 1 is 1.61 bits per heavy atom. The highest BCUT2D eigenvalue weighted by molar-refractivity contribution is 7.18. The van der Waals surface area contributed by atoms with Gasteiger partial charge in [0.1, 0.15) is 11.4 Å². The third-order valence-corrected chi connectivity index (χ3v) is 5.32. The molecule has 2 aromatic heterocycles. The van der Waals surface area contributed by atoms with Gasteiger partial charge in [0.2, 0.25) is 5.91 Å². The minimum absolute atomic E-state index is 0.0613. The Balaban J connectivity index is 1.89. The van der Waals surface area contributed by atoms with Gasteiger partial charge in [0.15, 0.2) is 0 Å². The van der Waals surface area contributed by atoms with Crippen LogP contribution < -0.4 is 10.9 Å². The number of aryl methyl sites for hydroxylation is 1. The molecule has 7 heteroatoms. The maximum atomic E-state index is 12.7. The van der Waals surface area contributed by atoms with Crippen LogP contribution in [0.5, 0.6) is 0 Å². The molecule has 1 aliphatic carbocycles. The molecule has 1 N–H and O–H groups in total. The molecule has 23 heavy (non-hydrogen) atoms. The van der Waals surface area contributed by atoms with E-state index in [2.05, 4.69) is 17.2 Å². The van der Waals surface area contributed by atoms with E-state index in [1.54, 1.807) is 11.3 Å². The summed E-state index contributed by atoms with van der Waals surface area (Å²) >= 11 is 1.60. The molecule has 0 aliphatic heterocycles. The second-order valence-electron chi connectivity index (χ2n) is 5.97. The van der Waals surface area contributed by atoms with Crippen molar-refractivity contribution in [2.24, 2.45) is 5.92 Å². The normalized spacial score (nSPS) is 16.8. The molecule has 1 aliphatic rings. The highest BCUT2D eigenvalue weighted by atomic mass is 32.1. The van der Waals surface area contributed by atoms with Crippen molar-refractivity contribution in [2.45, 2.75) is 39.2 Å². The van der Waals surface area contributed by atoms with Crippen molar-refractivity contribution in [2.75, 3.05) is 6.54 Å². The molecule has 1 amide bonds. The molecule has 6 nitrogen and oxygen atoms in total. The molecule has 0 saturated carbocycles. The lowest BCUT2D eigenvalue weighted by Gasteiger charge is -2.17. The molecule has 1 atom stereocenters. The van der Waals surface area contributed by atoms with E-state index in [0.717, 1.165) is 29.7 Å². The van der Waals surface area contributed by atoms with Gasteiger partial charge in [-0.3, -0.25) is 14.2 Å². The molecule has 0 fully saturated rings. The van der Waals surface area contributed by atoms with Crippen molar-refractivity contribution in [1.29, 1.82) is 5.26 Å². The number of amides is 1. The van der Waals surface area contributed by atoms with Crippen LogP contribution in [0.2, 0.25) is 0 Å². The van der Waals surface area contributed by atoms with Crippen LogP contribution in [0.3, 0.4) is 0 Å². The maximum Gasteiger partial charge on any atom is 0.262 e. The van der Waals surface area contributed by atoms with Crippen molar-refractivity contribution >= 4 is 27.5 Å². The van der Waals surface area contributed by atoms with Crippen LogP contribution >= 0.6 is 11.3 Å². The Labute approximate surface area is 137 Å². The third-order valence-electron chi connectivity index (χ3n) is 4.16. The molecule has 0 spiro atoms. The highest BCUT2D eigenvalue weighted by Crippen LogP contribution is 2.35. The van der Waals surface area contributed by atoms with Gasteiger partial charge in [0.25, 0.3) is 5.56 Å². The monoisotopic (exact) mass is 330 g/mol. The lowest BCUT2D eigenvalue weighted by atomic mass is 9.89. The first-order valence-electron chi connectivity index (χ1n) is 7.73. The van der Waals surface area contributed by atoms with Crippen molar-refractivity contribution in [3.8, 4) is 6.07 Å². The van der Waals surface area contributed by atoms with Crippen molar-refractivity contribution in [1.82, 2.24) is 14.9 Å². The number of nitrogens with one attached hydrogen (secondary N) is 1. The number of aromatic nitrogens is 2. The quantitative estimate of drug-likeness (QED) is 0.863. The molecule has 3 rings (SSSR count). The van der Waals surface area contributed by atoms with Crippen LogP contribution in [-0.4, -0.2) is 22.0 Å². The summed E-state index contributed by atoms with van der Waals surface area (Å²) in [4.78, 5) is 31.0. The number of carbonyl (C=O) groups excluding carboxylic acids is 1. The minimum Gasteiger partial charge on any atom is -0.354 e. The van der Waals surface area contributed by atoms with E-state index in [-0.39, 0.29) is 24.4 Å². The number of hydrogen-bond acceptors (Lipinski definition) is 5. The summed E-state index contributed by atoms with van der Waals surface area (Å²) in [6.07, 6.45) is 4.70. The summed E-state index contributed by atoms with van der Waals surface area (Å²) in [7, 11) is 0. The van der Waals surface area contributed by atoms with Crippen molar-refractivity contribution < 1.29 is 4.79 Å². The molecule has 2 heterocycles. The van der Waals surface area contributed by atoms with E-state index in [4.69, 9.17) is 5.26 Å². The maximum absolute atomic E-state index is 12.7. The zero-order chi connectivity index (χ0) is 16.4. The minimum atomic E-state index is -0.277. The second-order valence-corrected chi connectivity index (χ2v) is 7.05. The SMILES string of the molecule is CC1CCc2c(sc3ncn(CC(=O)NCCC#N)c(=O)c23)C1. The molecule has 0 aromatic carbocycles. The van der Waals surface area contributed by atoms with Gasteiger partial charge in [-0.25, -0.2) is 4.98 Å². The molecule has 1 unspecified atom stereocenters. The average molecular weight is 330 g/mol. The zero-order valence-corrected chi connectivity index (χ0v) is 13.8. The number of hydrogen-bond donors (Lipinski definition) is 1. The average Bonchev–Trinajstić information content (AvgIpc) is 2.88. The summed E-state index contributed by atoms with van der Waals surface area (Å²) in [5.41, 5.74) is 0.984. The molecule has 2 aromatic rings. The summed E-state index contributed by atoms with van der Waals surface area (Å²) in [6, 6.07) is 1.96. The van der Waals surface area contributed by atoms with Crippen LogP contribution in [0, 0.1) is 17.2 Å². The van der Waals surface area contributed by atoms with Crippen LogP contribution in [0.15, 0.2) is 11.1 Å². The fraction of sp³-hybridized carbons (Fsp3) is 0.500. The van der Waals surface area contributed by atoms with Crippen molar-refractivity contribution in [3.05, 3.63) is 27.1 Å². The van der Waals surface area contributed by atoms with E-state index in [0.29, 0.717) is 17.8 Å². The zero-order valence-electron chi connectivity index (χ0n) is 13.0. The Morgan fingerprint density at radius 3 is 3.22 bits per heavy atom. The fourth-order valence-corrected chi connectivity index (χ4v) is 4.29. The van der Waals surface area contributed by atoms with E-state index < -0.39 is 0 Å². The van der Waals surface area contributed by atoms with Crippen LogP contribution in [-0.2, 0) is 24.2 Å². The third kappa shape index (κ3) is 3.13. The van der Waals surface area contributed by atoms with Gasteiger partial charge in [-0.05, 0) is 30.7 Å². The lowest BCUT2D eigenvalue weighted by Crippen LogP contribution is -2.33. The number of nitrogens with zero attached hydrogens (tertiary/aromatic N) is 3. The smallest absolute Gasteiger partial charge is 0.262 e. The highest BCUT2D eigenvalue weighted by Gasteiger charge is 2.23. The number of fused-ring (bicyclic) bond motifs is 3. The summed E-state index contributed by atoms with van der Waals surface area (Å²) < 4.78 is 1.36. The summed E-state index contributed by atoms with van der Waals surface area (Å²) in [5.74, 6) is 0.366. The van der Waals surface area contributed by atoms with Gasteiger partial charge in [-0.1, -0.05) is 6.92 Å². The Morgan fingerprint density at radius 2 is 2.43 bits per heavy atom. The topological polar surface area (TPSA) is 87.8 Å². The predicted octanol–water partition coefficient (Wildman–Crippen LogP) is 1.61. The fourth-order valence-electron chi connectivity index (χ4n) is 2.95. The number of thiophene rings is 1. The van der Waals surface area contributed by atoms with Gasteiger partial charge in [0.05, 0.1) is 24.2 Å². The van der Waals surface area contributed by atoms with Crippen LogP contribution in [0.1, 0.15) is 30.2 Å². The van der Waals surface area contributed by atoms with Gasteiger partial charge >= 0.3 is 0 Å². The van der Waals surface area contributed by atoms with E-state index in [1.807, 2.05) is 6.07 Å². The predicted molar refractivity (Wildman–Crippen MR) is 88.3 cm³/mol. The molecule has 0 saturated heterocycles.